The third-order valence-corrected chi connectivity index (χ3v) is 4.05. The van der Waals surface area contributed by atoms with Gasteiger partial charge in [0, 0.05) is 39.3 Å². The molecular weight excluding hydrogens is 254 g/mol. The van der Waals surface area contributed by atoms with E-state index in [1.807, 2.05) is 0 Å². The molecule has 108 valence electrons. The number of rotatable bonds is 4. The van der Waals surface area contributed by atoms with Gasteiger partial charge in [-0.1, -0.05) is 24.3 Å². The van der Waals surface area contributed by atoms with Gasteiger partial charge in [0.1, 0.15) is 0 Å². The van der Waals surface area contributed by atoms with Crippen LogP contribution >= 0.6 is 0 Å². The fourth-order valence-electron chi connectivity index (χ4n) is 3.01. The molecule has 1 atom stereocenters. The van der Waals surface area contributed by atoms with Gasteiger partial charge in [-0.3, -0.25) is 4.90 Å². The van der Waals surface area contributed by atoms with Gasteiger partial charge in [0.2, 0.25) is 0 Å². The molecule has 0 radical (unpaired) electrons. The lowest BCUT2D eigenvalue weighted by Gasteiger charge is -2.31. The fraction of sp³-hybridized carbons (Fsp3) is 0.533. The molecule has 1 aromatic rings. The van der Waals surface area contributed by atoms with Crippen molar-refractivity contribution in [1.29, 1.82) is 0 Å². The van der Waals surface area contributed by atoms with Crippen LogP contribution in [0.4, 0.5) is 4.79 Å². The Morgan fingerprint density at radius 2 is 2.00 bits per heavy atom. The molecule has 20 heavy (non-hydrogen) atoms. The van der Waals surface area contributed by atoms with Crippen LogP contribution in [0.15, 0.2) is 24.3 Å². The quantitative estimate of drug-likeness (QED) is 0.838. The van der Waals surface area contributed by atoms with Crippen LogP contribution in [0.5, 0.6) is 0 Å². The molecule has 2 aliphatic rings. The third kappa shape index (κ3) is 2.94. The highest BCUT2D eigenvalue weighted by molar-refractivity contribution is 5.76. The molecule has 2 N–H and O–H groups in total. The summed E-state index contributed by atoms with van der Waals surface area (Å²) in [5, 5.41) is 12.9. The summed E-state index contributed by atoms with van der Waals surface area (Å²) in [5.41, 5.74) is 2.77. The summed E-state index contributed by atoms with van der Waals surface area (Å²) in [6, 6.07) is 8.41. The molecule has 0 spiro atoms. The Balaban J connectivity index is 1.52. The summed E-state index contributed by atoms with van der Waals surface area (Å²) >= 11 is 0. The Morgan fingerprint density at radius 1 is 1.20 bits per heavy atom. The molecule has 5 heteroatoms. The smallest absolute Gasteiger partial charge is 0.317 e. The number of carbonyl (C=O) groups excluding carboxylic acids is 1. The highest BCUT2D eigenvalue weighted by Crippen LogP contribution is 2.18. The minimum atomic E-state index is -0.482. The second kappa shape index (κ2) is 5.81. The van der Waals surface area contributed by atoms with E-state index in [2.05, 4.69) is 34.5 Å². The van der Waals surface area contributed by atoms with Crippen LogP contribution in [0.3, 0.4) is 0 Å². The molecule has 0 saturated carbocycles. The zero-order valence-electron chi connectivity index (χ0n) is 11.6. The number of hydrogen-bond donors (Lipinski definition) is 2. The van der Waals surface area contributed by atoms with Crippen molar-refractivity contribution in [2.75, 3.05) is 32.7 Å². The monoisotopic (exact) mass is 275 g/mol. The van der Waals surface area contributed by atoms with Crippen LogP contribution in [-0.4, -0.2) is 59.8 Å². The van der Waals surface area contributed by atoms with Gasteiger partial charge in [-0.05, 0) is 17.5 Å². The van der Waals surface area contributed by atoms with Crippen LogP contribution in [-0.2, 0) is 13.0 Å². The van der Waals surface area contributed by atoms with E-state index in [-0.39, 0.29) is 6.03 Å². The van der Waals surface area contributed by atoms with E-state index in [4.69, 9.17) is 0 Å². The minimum absolute atomic E-state index is 0.0620. The maximum absolute atomic E-state index is 11.5. The molecule has 0 bridgehead atoms. The number of carbonyl (C=O) groups is 1. The van der Waals surface area contributed by atoms with E-state index >= 15 is 0 Å². The SMILES string of the molecule is O=C1NCCN1CC(O)CN1CCc2ccccc2C1. The molecule has 0 aliphatic carbocycles. The molecule has 1 fully saturated rings. The van der Waals surface area contributed by atoms with Crippen molar-refractivity contribution >= 4 is 6.03 Å². The predicted molar refractivity (Wildman–Crippen MR) is 76.4 cm³/mol. The first-order valence-corrected chi connectivity index (χ1v) is 7.22. The van der Waals surface area contributed by atoms with E-state index in [1.54, 1.807) is 4.90 Å². The third-order valence-electron chi connectivity index (χ3n) is 4.05. The number of fused-ring (bicyclic) bond motifs is 1. The van der Waals surface area contributed by atoms with Crippen LogP contribution in [0.25, 0.3) is 0 Å². The molecular formula is C15H21N3O2. The largest absolute Gasteiger partial charge is 0.390 e. The highest BCUT2D eigenvalue weighted by Gasteiger charge is 2.24. The van der Waals surface area contributed by atoms with Crippen molar-refractivity contribution < 1.29 is 9.90 Å². The Labute approximate surface area is 119 Å². The Morgan fingerprint density at radius 3 is 2.75 bits per heavy atom. The lowest BCUT2D eigenvalue weighted by Crippen LogP contribution is -2.43. The lowest BCUT2D eigenvalue weighted by atomic mass is 10.00. The number of β-amino-alcohol motifs (C(OH)–C–C–N with tert-alkyl or cyclic N) is 1. The second-order valence-corrected chi connectivity index (χ2v) is 5.59. The van der Waals surface area contributed by atoms with E-state index in [0.717, 1.165) is 19.5 Å². The molecule has 1 aromatic carbocycles. The molecule has 2 amide bonds. The molecule has 2 aliphatic heterocycles. The van der Waals surface area contributed by atoms with E-state index in [9.17, 15) is 9.90 Å². The van der Waals surface area contributed by atoms with Crippen molar-refractivity contribution in [2.24, 2.45) is 0 Å². The first-order valence-electron chi connectivity index (χ1n) is 7.22. The zero-order valence-corrected chi connectivity index (χ0v) is 11.6. The standard InChI is InChI=1S/C15H21N3O2/c19-14(11-18-8-6-16-15(18)20)10-17-7-5-12-3-1-2-4-13(12)9-17/h1-4,14,19H,5-11H2,(H,16,20). The summed E-state index contributed by atoms with van der Waals surface area (Å²) in [6.45, 7) is 4.28. The van der Waals surface area contributed by atoms with Crippen LogP contribution in [0.2, 0.25) is 0 Å². The maximum atomic E-state index is 11.5. The Kier molecular flexibility index (Phi) is 3.89. The summed E-state index contributed by atoms with van der Waals surface area (Å²) in [7, 11) is 0. The molecule has 5 nitrogen and oxygen atoms in total. The van der Waals surface area contributed by atoms with Crippen LogP contribution < -0.4 is 5.32 Å². The maximum Gasteiger partial charge on any atom is 0.317 e. The lowest BCUT2D eigenvalue weighted by molar-refractivity contribution is 0.0826. The summed E-state index contributed by atoms with van der Waals surface area (Å²) in [6.07, 6.45) is 0.553. The summed E-state index contributed by atoms with van der Waals surface area (Å²) in [5.74, 6) is 0. The van der Waals surface area contributed by atoms with Gasteiger partial charge >= 0.3 is 6.03 Å². The van der Waals surface area contributed by atoms with E-state index < -0.39 is 6.10 Å². The number of hydrogen-bond acceptors (Lipinski definition) is 3. The summed E-state index contributed by atoms with van der Waals surface area (Å²) < 4.78 is 0. The molecule has 3 rings (SSSR count). The van der Waals surface area contributed by atoms with Gasteiger partial charge < -0.3 is 15.3 Å². The van der Waals surface area contributed by atoms with Gasteiger partial charge in [-0.15, -0.1) is 0 Å². The summed E-state index contributed by atoms with van der Waals surface area (Å²) in [4.78, 5) is 15.4. The fourth-order valence-corrected chi connectivity index (χ4v) is 3.01. The normalized spacial score (nSPS) is 20.6. The number of aliphatic hydroxyl groups excluding tert-OH is 1. The predicted octanol–water partition coefficient (Wildman–Crippen LogP) is 0.431. The van der Waals surface area contributed by atoms with Crippen LogP contribution in [0.1, 0.15) is 11.1 Å². The van der Waals surface area contributed by atoms with Crippen molar-refractivity contribution in [2.45, 2.75) is 19.1 Å². The molecule has 0 aromatic heterocycles. The topological polar surface area (TPSA) is 55.8 Å². The van der Waals surface area contributed by atoms with Gasteiger partial charge in [0.25, 0.3) is 0 Å². The van der Waals surface area contributed by atoms with E-state index in [0.29, 0.717) is 26.2 Å². The molecule has 2 heterocycles. The van der Waals surface area contributed by atoms with Crippen LogP contribution in [0, 0.1) is 0 Å². The first kappa shape index (κ1) is 13.4. The number of urea groups is 1. The Bertz CT molecular complexity index is 492. The first-order chi connectivity index (χ1) is 9.72. The van der Waals surface area contributed by atoms with Crippen molar-refractivity contribution in [1.82, 2.24) is 15.1 Å². The Hall–Kier alpha value is -1.59. The highest BCUT2D eigenvalue weighted by atomic mass is 16.3. The number of amides is 2. The zero-order chi connectivity index (χ0) is 13.9. The average molecular weight is 275 g/mol. The van der Waals surface area contributed by atoms with Crippen molar-refractivity contribution in [3.8, 4) is 0 Å². The van der Waals surface area contributed by atoms with Gasteiger partial charge in [-0.25, -0.2) is 4.79 Å². The minimum Gasteiger partial charge on any atom is -0.390 e. The average Bonchev–Trinajstić information content (AvgIpc) is 2.84. The van der Waals surface area contributed by atoms with E-state index in [1.165, 1.54) is 11.1 Å². The number of nitrogens with zero attached hydrogens (tertiary/aromatic N) is 2. The van der Waals surface area contributed by atoms with Gasteiger partial charge in [0.05, 0.1) is 6.10 Å². The number of nitrogens with one attached hydrogen (secondary N) is 1. The van der Waals surface area contributed by atoms with Crippen molar-refractivity contribution in [3.05, 3.63) is 35.4 Å². The number of aliphatic hydroxyl groups is 1. The second-order valence-electron chi connectivity index (χ2n) is 5.59. The molecule has 1 saturated heterocycles. The molecule has 1 unspecified atom stereocenters. The van der Waals surface area contributed by atoms with Gasteiger partial charge in [-0.2, -0.15) is 0 Å². The van der Waals surface area contributed by atoms with Gasteiger partial charge in [0.15, 0.2) is 0 Å². The van der Waals surface area contributed by atoms with Crippen molar-refractivity contribution in [3.63, 3.8) is 0 Å². The number of benzene rings is 1.